The average Bonchev–Trinajstić information content (AvgIpc) is 3.34. The van der Waals surface area contributed by atoms with E-state index in [1.165, 1.54) is 17.8 Å². The lowest BCUT2D eigenvalue weighted by molar-refractivity contribution is 0.0747. The van der Waals surface area contributed by atoms with Crippen molar-refractivity contribution in [2.75, 3.05) is 31.1 Å². The molecule has 1 saturated heterocycles. The lowest BCUT2D eigenvalue weighted by Crippen LogP contribution is -2.48. The number of halogens is 1. The van der Waals surface area contributed by atoms with E-state index in [1.54, 1.807) is 30.1 Å². The molecule has 8 heteroatoms. The maximum absolute atomic E-state index is 13.4. The van der Waals surface area contributed by atoms with Gasteiger partial charge in [0.25, 0.3) is 5.91 Å². The number of aromatic nitrogens is 3. The van der Waals surface area contributed by atoms with Crippen LogP contribution in [0.1, 0.15) is 21.5 Å². The van der Waals surface area contributed by atoms with Crippen molar-refractivity contribution in [2.24, 2.45) is 0 Å². The van der Waals surface area contributed by atoms with Gasteiger partial charge in [0.1, 0.15) is 5.82 Å². The Kier molecular flexibility index (Phi) is 7.27. The maximum atomic E-state index is 13.4. The molecular formula is C31H28FN5OS. The van der Waals surface area contributed by atoms with Crippen molar-refractivity contribution in [2.45, 2.75) is 17.5 Å². The van der Waals surface area contributed by atoms with Crippen LogP contribution in [-0.4, -0.2) is 51.5 Å². The molecule has 6 rings (SSSR count). The highest BCUT2D eigenvalue weighted by molar-refractivity contribution is 7.98. The van der Waals surface area contributed by atoms with E-state index in [0.717, 1.165) is 40.4 Å². The number of hydrogen-bond acceptors (Lipinski definition) is 5. The van der Waals surface area contributed by atoms with E-state index in [0.29, 0.717) is 31.0 Å². The number of carbonyl (C=O) groups is 1. The number of fused-ring (bicyclic) bond motifs is 1. The standard InChI is InChI=1S/C31H28FN5OS/c32-26-12-8-23(9-13-26)21-37-29-20-33-15-14-28(29)34-31(37)39-22-24-6-10-25(11-7-24)30(38)36-18-16-35(17-19-36)27-4-2-1-3-5-27/h1-15,20H,16-19,21-22H2. The van der Waals surface area contributed by atoms with E-state index in [-0.39, 0.29) is 11.7 Å². The van der Waals surface area contributed by atoms with E-state index < -0.39 is 0 Å². The predicted molar refractivity (Wildman–Crippen MR) is 154 cm³/mol. The fourth-order valence-electron chi connectivity index (χ4n) is 4.86. The largest absolute Gasteiger partial charge is 0.368 e. The molecule has 1 aliphatic rings. The molecule has 2 aromatic heterocycles. The summed E-state index contributed by atoms with van der Waals surface area (Å²) in [7, 11) is 0. The summed E-state index contributed by atoms with van der Waals surface area (Å²) in [5.74, 6) is 0.544. The molecule has 0 radical (unpaired) electrons. The molecule has 3 heterocycles. The van der Waals surface area contributed by atoms with Gasteiger partial charge in [-0.2, -0.15) is 0 Å². The van der Waals surface area contributed by atoms with Crippen LogP contribution in [0.5, 0.6) is 0 Å². The van der Waals surface area contributed by atoms with Gasteiger partial charge in [0.05, 0.1) is 23.8 Å². The summed E-state index contributed by atoms with van der Waals surface area (Å²) in [5.41, 5.74) is 5.85. The van der Waals surface area contributed by atoms with Crippen LogP contribution in [0.4, 0.5) is 10.1 Å². The van der Waals surface area contributed by atoms with Gasteiger partial charge >= 0.3 is 0 Å². The minimum absolute atomic E-state index is 0.0792. The third-order valence-corrected chi connectivity index (χ3v) is 8.07. The van der Waals surface area contributed by atoms with Gasteiger partial charge in [-0.15, -0.1) is 0 Å². The van der Waals surface area contributed by atoms with Crippen LogP contribution in [0.3, 0.4) is 0 Å². The zero-order chi connectivity index (χ0) is 26.6. The summed E-state index contributed by atoms with van der Waals surface area (Å²) in [5, 5.41) is 0.874. The highest BCUT2D eigenvalue weighted by atomic mass is 32.2. The molecule has 5 aromatic rings. The molecule has 3 aromatic carbocycles. The summed E-state index contributed by atoms with van der Waals surface area (Å²) in [6, 6.07) is 26.7. The quantitative estimate of drug-likeness (QED) is 0.243. The molecule has 0 saturated carbocycles. The van der Waals surface area contributed by atoms with Crippen molar-refractivity contribution in [3.63, 3.8) is 0 Å². The van der Waals surface area contributed by atoms with Crippen LogP contribution in [-0.2, 0) is 12.3 Å². The van der Waals surface area contributed by atoms with Gasteiger partial charge in [-0.25, -0.2) is 9.37 Å². The first-order chi connectivity index (χ1) is 19.1. The average molecular weight is 538 g/mol. The number of amides is 1. The first-order valence-electron chi connectivity index (χ1n) is 13.0. The Labute approximate surface area is 231 Å². The molecule has 0 N–H and O–H groups in total. The summed E-state index contributed by atoms with van der Waals surface area (Å²) in [6.07, 6.45) is 3.55. The molecule has 6 nitrogen and oxygen atoms in total. The number of imidazole rings is 1. The first-order valence-corrected chi connectivity index (χ1v) is 14.0. The molecule has 39 heavy (non-hydrogen) atoms. The molecule has 0 unspecified atom stereocenters. The van der Waals surface area contributed by atoms with E-state index >= 15 is 0 Å². The number of anilines is 1. The minimum atomic E-state index is -0.248. The number of para-hydroxylation sites is 1. The highest BCUT2D eigenvalue weighted by Crippen LogP contribution is 2.28. The second-order valence-corrected chi connectivity index (χ2v) is 10.5. The second-order valence-electron chi connectivity index (χ2n) is 9.57. The van der Waals surface area contributed by atoms with Gasteiger partial charge in [-0.05, 0) is 53.6 Å². The Hall–Kier alpha value is -4.17. The van der Waals surface area contributed by atoms with Gasteiger partial charge in [-0.1, -0.05) is 54.2 Å². The number of pyridine rings is 1. The topological polar surface area (TPSA) is 54.3 Å². The van der Waals surface area contributed by atoms with Crippen molar-refractivity contribution < 1.29 is 9.18 Å². The normalized spacial score (nSPS) is 13.7. The second kappa shape index (κ2) is 11.3. The minimum Gasteiger partial charge on any atom is -0.368 e. The summed E-state index contributed by atoms with van der Waals surface area (Å²) >= 11 is 1.64. The third kappa shape index (κ3) is 5.66. The third-order valence-electron chi connectivity index (χ3n) is 7.03. The predicted octanol–water partition coefficient (Wildman–Crippen LogP) is 5.87. The number of piperazine rings is 1. The van der Waals surface area contributed by atoms with Crippen molar-refractivity contribution in [3.05, 3.63) is 120 Å². The van der Waals surface area contributed by atoms with Crippen LogP contribution in [0.25, 0.3) is 11.0 Å². The maximum Gasteiger partial charge on any atom is 0.253 e. The van der Waals surface area contributed by atoms with Gasteiger partial charge in [-0.3, -0.25) is 9.78 Å². The molecular weight excluding hydrogens is 509 g/mol. The SMILES string of the molecule is O=C(c1ccc(CSc2nc3ccncc3n2Cc2ccc(F)cc2)cc1)N1CCN(c2ccccc2)CC1. The van der Waals surface area contributed by atoms with Gasteiger partial charge in [0, 0.05) is 49.4 Å². The Morgan fingerprint density at radius 1 is 0.846 bits per heavy atom. The number of nitrogens with zero attached hydrogens (tertiary/aromatic N) is 5. The van der Waals surface area contributed by atoms with Crippen molar-refractivity contribution in [1.82, 2.24) is 19.4 Å². The monoisotopic (exact) mass is 537 g/mol. The van der Waals surface area contributed by atoms with E-state index in [9.17, 15) is 9.18 Å². The van der Waals surface area contributed by atoms with E-state index in [1.807, 2.05) is 59.6 Å². The molecule has 1 amide bonds. The highest BCUT2D eigenvalue weighted by Gasteiger charge is 2.22. The Balaban J connectivity index is 1.10. The van der Waals surface area contributed by atoms with Crippen molar-refractivity contribution in [1.29, 1.82) is 0 Å². The van der Waals surface area contributed by atoms with Crippen molar-refractivity contribution in [3.8, 4) is 0 Å². The molecule has 0 aliphatic carbocycles. The molecule has 0 bridgehead atoms. The number of benzene rings is 3. The Bertz CT molecular complexity index is 1560. The summed E-state index contributed by atoms with van der Waals surface area (Å²) in [4.78, 5) is 26.5. The van der Waals surface area contributed by atoms with Crippen LogP contribution >= 0.6 is 11.8 Å². The smallest absolute Gasteiger partial charge is 0.253 e. The lowest BCUT2D eigenvalue weighted by atomic mass is 10.1. The Morgan fingerprint density at radius 3 is 2.31 bits per heavy atom. The molecule has 0 spiro atoms. The Morgan fingerprint density at radius 2 is 1.56 bits per heavy atom. The first kappa shape index (κ1) is 25.1. The fraction of sp³-hybridized carbons (Fsp3) is 0.194. The van der Waals surface area contributed by atoms with E-state index in [4.69, 9.17) is 4.98 Å². The van der Waals surface area contributed by atoms with Gasteiger partial charge in [0.15, 0.2) is 5.16 Å². The number of rotatable bonds is 7. The molecule has 1 aliphatic heterocycles. The van der Waals surface area contributed by atoms with Crippen LogP contribution < -0.4 is 4.90 Å². The van der Waals surface area contributed by atoms with Crippen LogP contribution in [0, 0.1) is 5.82 Å². The van der Waals surface area contributed by atoms with Crippen molar-refractivity contribution >= 4 is 34.4 Å². The number of thioether (sulfide) groups is 1. The fourth-order valence-corrected chi connectivity index (χ4v) is 5.83. The molecule has 196 valence electrons. The number of hydrogen-bond donors (Lipinski definition) is 0. The summed E-state index contributed by atoms with van der Waals surface area (Å²) in [6.45, 7) is 3.67. The lowest BCUT2D eigenvalue weighted by Gasteiger charge is -2.36. The zero-order valence-corrected chi connectivity index (χ0v) is 22.2. The molecule has 0 atom stereocenters. The van der Waals surface area contributed by atoms with Crippen LogP contribution in [0.15, 0.2) is 102 Å². The summed E-state index contributed by atoms with van der Waals surface area (Å²) < 4.78 is 15.5. The zero-order valence-electron chi connectivity index (χ0n) is 21.4. The van der Waals surface area contributed by atoms with E-state index in [2.05, 4.69) is 26.6 Å². The molecule has 1 fully saturated rings. The van der Waals surface area contributed by atoms with Gasteiger partial charge in [0.2, 0.25) is 0 Å². The number of carbonyl (C=O) groups excluding carboxylic acids is 1. The van der Waals surface area contributed by atoms with Crippen LogP contribution in [0.2, 0.25) is 0 Å². The van der Waals surface area contributed by atoms with Gasteiger partial charge < -0.3 is 14.4 Å².